The summed E-state index contributed by atoms with van der Waals surface area (Å²) in [5.41, 5.74) is 0. The highest BCUT2D eigenvalue weighted by atomic mass is 16.2. The molecule has 2 bridgehead atoms. The number of hydrogen-bond acceptors (Lipinski definition) is 2. The topological polar surface area (TPSA) is 32.3 Å². The summed E-state index contributed by atoms with van der Waals surface area (Å²) in [6.45, 7) is 1.07. The van der Waals surface area contributed by atoms with Gasteiger partial charge < -0.3 is 10.2 Å². The minimum Gasteiger partial charge on any atom is -0.339 e. The molecule has 2 saturated carbocycles. The first-order valence-electron chi connectivity index (χ1n) is 7.38. The summed E-state index contributed by atoms with van der Waals surface area (Å²) in [6.07, 6.45) is 8.84. The van der Waals surface area contributed by atoms with E-state index in [-0.39, 0.29) is 0 Å². The zero-order chi connectivity index (χ0) is 11.4. The van der Waals surface area contributed by atoms with Crippen molar-refractivity contribution < 1.29 is 4.79 Å². The Morgan fingerprint density at radius 3 is 2.47 bits per heavy atom. The number of amides is 1. The number of nitrogens with zero attached hydrogens (tertiary/aromatic N) is 1. The van der Waals surface area contributed by atoms with Crippen molar-refractivity contribution in [2.24, 2.45) is 11.8 Å². The summed E-state index contributed by atoms with van der Waals surface area (Å²) in [5, 5.41) is 3.59. The van der Waals surface area contributed by atoms with Crippen LogP contribution in [0.25, 0.3) is 0 Å². The average molecular weight is 234 g/mol. The molecule has 4 fully saturated rings. The van der Waals surface area contributed by atoms with Crippen LogP contribution in [0.1, 0.15) is 44.9 Å². The molecule has 4 rings (SSSR count). The number of nitrogens with one attached hydrogen (secondary N) is 1. The van der Waals surface area contributed by atoms with Gasteiger partial charge in [0.15, 0.2) is 0 Å². The van der Waals surface area contributed by atoms with Crippen LogP contribution >= 0.6 is 0 Å². The van der Waals surface area contributed by atoms with Gasteiger partial charge in [-0.05, 0) is 50.9 Å². The molecule has 3 nitrogen and oxygen atoms in total. The van der Waals surface area contributed by atoms with Crippen LogP contribution < -0.4 is 5.32 Å². The van der Waals surface area contributed by atoms with E-state index in [1.54, 1.807) is 0 Å². The summed E-state index contributed by atoms with van der Waals surface area (Å²) in [5.74, 6) is 1.64. The molecule has 2 aliphatic carbocycles. The fraction of sp³-hybridized carbons (Fsp3) is 0.929. The first-order chi connectivity index (χ1) is 8.31. The van der Waals surface area contributed by atoms with Crippen molar-refractivity contribution in [2.45, 2.75) is 63.1 Å². The molecule has 4 aliphatic rings. The second kappa shape index (κ2) is 3.71. The SMILES string of the molecule is O=C(C1CC2CCC1N2)N(CC1CC1)C1CC1. The van der Waals surface area contributed by atoms with Crippen LogP contribution in [0.15, 0.2) is 0 Å². The lowest BCUT2D eigenvalue weighted by Gasteiger charge is -2.29. The van der Waals surface area contributed by atoms with Crippen LogP contribution in [0, 0.1) is 11.8 Å². The van der Waals surface area contributed by atoms with Crippen LogP contribution in [0.2, 0.25) is 0 Å². The fourth-order valence-electron chi connectivity index (χ4n) is 3.69. The van der Waals surface area contributed by atoms with E-state index in [2.05, 4.69) is 10.2 Å². The Hall–Kier alpha value is -0.570. The van der Waals surface area contributed by atoms with Crippen molar-refractivity contribution >= 4 is 5.91 Å². The molecule has 2 saturated heterocycles. The Kier molecular flexibility index (Phi) is 2.26. The highest BCUT2D eigenvalue weighted by molar-refractivity contribution is 5.81. The van der Waals surface area contributed by atoms with Gasteiger partial charge in [-0.1, -0.05) is 0 Å². The van der Waals surface area contributed by atoms with Crippen LogP contribution in [-0.4, -0.2) is 35.5 Å². The molecule has 0 radical (unpaired) electrons. The molecule has 1 N–H and O–H groups in total. The van der Waals surface area contributed by atoms with Crippen molar-refractivity contribution in [1.82, 2.24) is 10.2 Å². The zero-order valence-electron chi connectivity index (χ0n) is 10.4. The lowest BCUT2D eigenvalue weighted by Crippen LogP contribution is -2.43. The molecular formula is C14H22N2O. The minimum absolute atomic E-state index is 0.313. The maximum Gasteiger partial charge on any atom is 0.227 e. The third kappa shape index (κ3) is 1.88. The van der Waals surface area contributed by atoms with Crippen LogP contribution in [0.4, 0.5) is 0 Å². The summed E-state index contributed by atoms with van der Waals surface area (Å²) in [4.78, 5) is 14.9. The number of rotatable bonds is 4. The Morgan fingerprint density at radius 1 is 1.12 bits per heavy atom. The smallest absolute Gasteiger partial charge is 0.227 e. The zero-order valence-corrected chi connectivity index (χ0v) is 10.4. The van der Waals surface area contributed by atoms with Gasteiger partial charge in [0.05, 0.1) is 5.92 Å². The van der Waals surface area contributed by atoms with E-state index in [9.17, 15) is 4.79 Å². The monoisotopic (exact) mass is 234 g/mol. The second-order valence-electron chi connectivity index (χ2n) is 6.55. The van der Waals surface area contributed by atoms with Crippen LogP contribution in [0.5, 0.6) is 0 Å². The van der Waals surface area contributed by atoms with E-state index in [1.165, 1.54) is 38.5 Å². The molecule has 3 unspecified atom stereocenters. The number of carbonyl (C=O) groups excluding carboxylic acids is 1. The fourth-order valence-corrected chi connectivity index (χ4v) is 3.69. The predicted octanol–water partition coefficient (Wildman–Crippen LogP) is 1.53. The number of hydrogen-bond donors (Lipinski definition) is 1. The molecule has 0 aromatic carbocycles. The quantitative estimate of drug-likeness (QED) is 0.800. The van der Waals surface area contributed by atoms with E-state index in [1.807, 2.05) is 0 Å². The number of carbonyl (C=O) groups is 1. The van der Waals surface area contributed by atoms with Crippen molar-refractivity contribution in [3.63, 3.8) is 0 Å². The lowest BCUT2D eigenvalue weighted by atomic mass is 9.88. The molecule has 3 atom stereocenters. The van der Waals surface area contributed by atoms with E-state index in [0.717, 1.165) is 18.9 Å². The third-order valence-corrected chi connectivity index (χ3v) is 5.04. The number of fused-ring (bicyclic) bond motifs is 2. The Bertz CT molecular complexity index is 335. The standard InChI is InChI=1S/C14H22N2O/c17-14(12-7-10-3-6-13(12)15-10)16(11-4-5-11)8-9-1-2-9/h9-13,15H,1-8H2. The van der Waals surface area contributed by atoms with Gasteiger partial charge in [0.2, 0.25) is 5.91 Å². The van der Waals surface area contributed by atoms with Crippen molar-refractivity contribution in [3.8, 4) is 0 Å². The van der Waals surface area contributed by atoms with Gasteiger partial charge in [0, 0.05) is 24.7 Å². The molecular weight excluding hydrogens is 212 g/mol. The average Bonchev–Trinajstić information content (AvgIpc) is 3.25. The highest BCUT2D eigenvalue weighted by Crippen LogP contribution is 2.39. The Labute approximate surface area is 103 Å². The van der Waals surface area contributed by atoms with Gasteiger partial charge in [-0.25, -0.2) is 0 Å². The molecule has 2 aliphatic heterocycles. The Balaban J connectivity index is 1.45. The van der Waals surface area contributed by atoms with Crippen molar-refractivity contribution in [2.75, 3.05) is 6.54 Å². The molecule has 94 valence electrons. The largest absolute Gasteiger partial charge is 0.339 e. The molecule has 0 spiro atoms. The van der Waals surface area contributed by atoms with Gasteiger partial charge in [0.1, 0.15) is 0 Å². The van der Waals surface area contributed by atoms with Crippen molar-refractivity contribution in [1.29, 1.82) is 0 Å². The van der Waals surface area contributed by atoms with Crippen LogP contribution in [-0.2, 0) is 4.79 Å². The van der Waals surface area contributed by atoms with E-state index in [4.69, 9.17) is 0 Å². The van der Waals surface area contributed by atoms with E-state index in [0.29, 0.717) is 30.0 Å². The molecule has 17 heavy (non-hydrogen) atoms. The lowest BCUT2D eigenvalue weighted by molar-refractivity contribution is -0.137. The van der Waals surface area contributed by atoms with Gasteiger partial charge in [-0.15, -0.1) is 0 Å². The molecule has 3 heteroatoms. The summed E-state index contributed by atoms with van der Waals surface area (Å²) in [6, 6.07) is 1.77. The van der Waals surface area contributed by atoms with Gasteiger partial charge in [-0.3, -0.25) is 4.79 Å². The Morgan fingerprint density at radius 2 is 1.94 bits per heavy atom. The third-order valence-electron chi connectivity index (χ3n) is 5.04. The molecule has 0 aromatic rings. The van der Waals surface area contributed by atoms with Gasteiger partial charge >= 0.3 is 0 Å². The molecule has 0 aromatic heterocycles. The van der Waals surface area contributed by atoms with Gasteiger partial charge in [-0.2, -0.15) is 0 Å². The summed E-state index contributed by atoms with van der Waals surface area (Å²) < 4.78 is 0. The highest BCUT2D eigenvalue weighted by Gasteiger charge is 2.47. The molecule has 2 heterocycles. The predicted molar refractivity (Wildman–Crippen MR) is 65.5 cm³/mol. The maximum absolute atomic E-state index is 12.7. The minimum atomic E-state index is 0.313. The van der Waals surface area contributed by atoms with Gasteiger partial charge in [0.25, 0.3) is 0 Å². The first kappa shape index (κ1) is 10.4. The van der Waals surface area contributed by atoms with E-state index < -0.39 is 0 Å². The van der Waals surface area contributed by atoms with Crippen molar-refractivity contribution in [3.05, 3.63) is 0 Å². The first-order valence-corrected chi connectivity index (χ1v) is 7.38. The maximum atomic E-state index is 12.7. The summed E-state index contributed by atoms with van der Waals surface area (Å²) in [7, 11) is 0. The molecule has 1 amide bonds. The normalized spacial score (nSPS) is 39.6. The summed E-state index contributed by atoms with van der Waals surface area (Å²) >= 11 is 0. The van der Waals surface area contributed by atoms with E-state index >= 15 is 0 Å². The van der Waals surface area contributed by atoms with Crippen LogP contribution in [0.3, 0.4) is 0 Å². The second-order valence-corrected chi connectivity index (χ2v) is 6.55.